The zero-order chi connectivity index (χ0) is 23.2. The average molecular weight is 458 g/mol. The van der Waals surface area contributed by atoms with Crippen molar-refractivity contribution in [3.8, 4) is 11.4 Å². The van der Waals surface area contributed by atoms with Gasteiger partial charge in [0, 0.05) is 29.9 Å². The normalized spacial score (nSPS) is 21.7. The molecule has 5 rings (SSSR count). The maximum absolute atomic E-state index is 14.7. The number of carbonyl (C=O) groups is 1. The van der Waals surface area contributed by atoms with E-state index in [-0.39, 0.29) is 23.0 Å². The fourth-order valence-electron chi connectivity index (χ4n) is 4.22. The van der Waals surface area contributed by atoms with Gasteiger partial charge in [0.25, 0.3) is 5.91 Å². The monoisotopic (exact) mass is 458 g/mol. The Morgan fingerprint density at radius 2 is 2.12 bits per heavy atom. The van der Waals surface area contributed by atoms with Gasteiger partial charge >= 0.3 is 0 Å². The quantitative estimate of drug-likeness (QED) is 0.527. The molecule has 0 bridgehead atoms. The first-order valence-corrected chi connectivity index (χ1v) is 11.2. The molecule has 1 aliphatic carbocycles. The van der Waals surface area contributed by atoms with Gasteiger partial charge in [-0.2, -0.15) is 0 Å². The van der Waals surface area contributed by atoms with Crippen LogP contribution in [0.4, 0.5) is 19.0 Å². The number of anilines is 1. The Morgan fingerprint density at radius 3 is 2.85 bits per heavy atom. The topological polar surface area (TPSA) is 83.4 Å². The minimum atomic E-state index is -1.16. The molecule has 2 aliphatic rings. The van der Waals surface area contributed by atoms with Crippen molar-refractivity contribution in [1.29, 1.82) is 0 Å². The van der Waals surface area contributed by atoms with Crippen molar-refractivity contribution < 1.29 is 18.0 Å². The molecule has 10 heteroatoms. The summed E-state index contributed by atoms with van der Waals surface area (Å²) in [4.78, 5) is 21.0. The summed E-state index contributed by atoms with van der Waals surface area (Å²) in [5.74, 6) is -2.16. The molecule has 4 heterocycles. The first-order chi connectivity index (χ1) is 15.9. The fourth-order valence-corrected chi connectivity index (χ4v) is 4.22. The van der Waals surface area contributed by atoms with Gasteiger partial charge in [-0.05, 0) is 44.4 Å². The molecule has 1 amide bonds. The van der Waals surface area contributed by atoms with Gasteiger partial charge in [-0.15, -0.1) is 0 Å². The van der Waals surface area contributed by atoms with E-state index >= 15 is 0 Å². The lowest BCUT2D eigenvalue weighted by Gasteiger charge is -2.28. The molecule has 0 spiro atoms. The number of nitrogens with zero attached hydrogens (tertiary/aromatic N) is 3. The number of halogens is 3. The van der Waals surface area contributed by atoms with Crippen LogP contribution in [0.5, 0.6) is 0 Å². The predicted octanol–water partition coefficient (Wildman–Crippen LogP) is 3.46. The molecule has 2 atom stereocenters. The van der Waals surface area contributed by atoms with E-state index in [1.54, 1.807) is 22.7 Å². The van der Waals surface area contributed by atoms with Crippen LogP contribution in [0.25, 0.3) is 17.0 Å². The van der Waals surface area contributed by atoms with Crippen LogP contribution in [0.2, 0.25) is 0 Å². The van der Waals surface area contributed by atoms with E-state index in [2.05, 4.69) is 25.9 Å². The molecule has 3 aromatic rings. The van der Waals surface area contributed by atoms with Crippen LogP contribution >= 0.6 is 0 Å². The SMILES string of the molecule is CCC1(NC(=O)c2ccn3c(-c4nc(N[C@H]5CNCC[C@@H]5F)c(F)cc4F)cnc3c2)CC1. The highest BCUT2D eigenvalue weighted by Gasteiger charge is 2.42. The van der Waals surface area contributed by atoms with Gasteiger partial charge in [-0.3, -0.25) is 9.20 Å². The van der Waals surface area contributed by atoms with E-state index in [1.165, 1.54) is 6.20 Å². The van der Waals surface area contributed by atoms with Gasteiger partial charge in [0.05, 0.1) is 17.9 Å². The summed E-state index contributed by atoms with van der Waals surface area (Å²) in [6.07, 6.45) is 4.98. The molecular weight excluding hydrogens is 433 g/mol. The van der Waals surface area contributed by atoms with Crippen LogP contribution in [-0.2, 0) is 0 Å². The van der Waals surface area contributed by atoms with E-state index < -0.39 is 23.8 Å². The Bertz CT molecular complexity index is 1210. The lowest BCUT2D eigenvalue weighted by Crippen LogP contribution is -2.46. The van der Waals surface area contributed by atoms with Crippen LogP contribution in [0.3, 0.4) is 0 Å². The summed E-state index contributed by atoms with van der Waals surface area (Å²) in [5, 5.41) is 8.87. The summed E-state index contributed by atoms with van der Waals surface area (Å²) >= 11 is 0. The van der Waals surface area contributed by atoms with Crippen molar-refractivity contribution in [3.05, 3.63) is 47.8 Å². The molecule has 0 aromatic carbocycles. The summed E-state index contributed by atoms with van der Waals surface area (Å²) in [6.45, 7) is 2.91. The van der Waals surface area contributed by atoms with Crippen LogP contribution in [0.15, 0.2) is 30.6 Å². The Labute approximate surface area is 188 Å². The molecule has 33 heavy (non-hydrogen) atoms. The van der Waals surface area contributed by atoms with Crippen molar-refractivity contribution in [2.24, 2.45) is 0 Å². The molecule has 1 saturated heterocycles. The highest BCUT2D eigenvalue weighted by atomic mass is 19.1. The van der Waals surface area contributed by atoms with Crippen LogP contribution < -0.4 is 16.0 Å². The van der Waals surface area contributed by atoms with Crippen molar-refractivity contribution in [3.63, 3.8) is 0 Å². The van der Waals surface area contributed by atoms with Gasteiger partial charge in [-0.25, -0.2) is 23.1 Å². The molecular formula is C23H25F3N6O. The number of fused-ring (bicyclic) bond motifs is 1. The van der Waals surface area contributed by atoms with Crippen molar-refractivity contribution in [2.75, 3.05) is 18.4 Å². The number of amides is 1. The highest BCUT2D eigenvalue weighted by Crippen LogP contribution is 2.38. The number of rotatable bonds is 6. The third-order valence-electron chi connectivity index (χ3n) is 6.58. The molecule has 7 nitrogen and oxygen atoms in total. The number of pyridine rings is 2. The van der Waals surface area contributed by atoms with E-state index in [0.717, 1.165) is 25.3 Å². The van der Waals surface area contributed by atoms with Gasteiger partial charge in [0.2, 0.25) is 0 Å². The number of piperidine rings is 1. The molecule has 0 unspecified atom stereocenters. The minimum Gasteiger partial charge on any atom is -0.361 e. The number of aromatic nitrogens is 3. The number of hydrogen-bond donors (Lipinski definition) is 3. The zero-order valence-corrected chi connectivity index (χ0v) is 18.2. The molecule has 3 N–H and O–H groups in total. The minimum absolute atomic E-state index is 0.110. The van der Waals surface area contributed by atoms with Crippen LogP contribution in [-0.4, -0.2) is 51.1 Å². The summed E-state index contributed by atoms with van der Waals surface area (Å²) in [6, 6.07) is 3.31. The van der Waals surface area contributed by atoms with Crippen molar-refractivity contribution in [1.82, 2.24) is 25.0 Å². The highest BCUT2D eigenvalue weighted by molar-refractivity contribution is 5.95. The molecule has 1 saturated carbocycles. The molecule has 3 aromatic heterocycles. The summed E-state index contributed by atoms with van der Waals surface area (Å²) < 4.78 is 44.9. The van der Waals surface area contributed by atoms with Gasteiger partial charge in [-0.1, -0.05) is 6.92 Å². The first kappa shape index (κ1) is 21.7. The van der Waals surface area contributed by atoms with Gasteiger partial charge in [0.15, 0.2) is 17.5 Å². The average Bonchev–Trinajstić information content (AvgIpc) is 3.45. The van der Waals surface area contributed by atoms with E-state index in [9.17, 15) is 18.0 Å². The standard InChI is InChI=1S/C23H25F3N6O/c1-2-23(5-6-23)31-22(33)13-4-8-32-18(12-28-19(32)9-13)20-15(25)10-16(26)21(30-20)29-17-11-27-7-3-14(17)24/h4,8-10,12,14,17,27H,2-3,5-7,11H2,1H3,(H,29,30)(H,31,33)/t14-,17-/m0/s1. The van der Waals surface area contributed by atoms with Crippen molar-refractivity contribution >= 4 is 17.4 Å². The Balaban J connectivity index is 1.44. The third kappa shape index (κ3) is 4.15. The molecule has 1 aliphatic heterocycles. The lowest BCUT2D eigenvalue weighted by molar-refractivity contribution is 0.0930. The predicted molar refractivity (Wildman–Crippen MR) is 118 cm³/mol. The van der Waals surface area contributed by atoms with E-state index in [0.29, 0.717) is 36.4 Å². The van der Waals surface area contributed by atoms with Crippen LogP contribution in [0.1, 0.15) is 43.0 Å². The smallest absolute Gasteiger partial charge is 0.251 e. The third-order valence-corrected chi connectivity index (χ3v) is 6.58. The number of hydrogen-bond acceptors (Lipinski definition) is 5. The second-order valence-electron chi connectivity index (χ2n) is 8.78. The Kier molecular flexibility index (Phi) is 5.48. The largest absolute Gasteiger partial charge is 0.361 e. The maximum atomic E-state index is 14.7. The van der Waals surface area contributed by atoms with Gasteiger partial charge < -0.3 is 16.0 Å². The fraction of sp³-hybridized carbons (Fsp3) is 0.435. The van der Waals surface area contributed by atoms with Crippen LogP contribution in [0, 0.1) is 11.6 Å². The van der Waals surface area contributed by atoms with E-state index in [1.807, 2.05) is 6.92 Å². The summed E-state index contributed by atoms with van der Waals surface area (Å²) in [5.41, 5.74) is 0.947. The number of imidazole rings is 1. The lowest BCUT2D eigenvalue weighted by atomic mass is 10.1. The molecule has 2 fully saturated rings. The second kappa shape index (κ2) is 8.33. The van der Waals surface area contributed by atoms with Crippen molar-refractivity contribution in [2.45, 2.75) is 50.4 Å². The second-order valence-corrected chi connectivity index (χ2v) is 8.78. The molecule has 0 radical (unpaired) electrons. The molecule has 174 valence electrons. The Morgan fingerprint density at radius 1 is 1.30 bits per heavy atom. The summed E-state index contributed by atoms with van der Waals surface area (Å²) in [7, 11) is 0. The zero-order valence-electron chi connectivity index (χ0n) is 18.2. The number of nitrogens with one attached hydrogen (secondary N) is 3. The first-order valence-electron chi connectivity index (χ1n) is 11.2. The number of alkyl halides is 1. The van der Waals surface area contributed by atoms with Gasteiger partial charge in [0.1, 0.15) is 17.5 Å². The Hall–Kier alpha value is -3.14. The number of carbonyl (C=O) groups excluding carboxylic acids is 1. The maximum Gasteiger partial charge on any atom is 0.251 e. The van der Waals surface area contributed by atoms with E-state index in [4.69, 9.17) is 0 Å².